The van der Waals surface area contributed by atoms with Crippen molar-refractivity contribution in [3.05, 3.63) is 0 Å². The van der Waals surface area contributed by atoms with Gasteiger partial charge in [-0.25, -0.2) is 0 Å². The van der Waals surface area contributed by atoms with Gasteiger partial charge in [-0.15, -0.1) is 0 Å². The highest BCUT2D eigenvalue weighted by atomic mass is 15.1. The van der Waals surface area contributed by atoms with E-state index < -0.39 is 0 Å². The normalized spacial score (nSPS) is 13.3. The van der Waals surface area contributed by atoms with Gasteiger partial charge in [-0.3, -0.25) is 0 Å². The Bertz CT molecular complexity index is 137. The summed E-state index contributed by atoms with van der Waals surface area (Å²) in [6.07, 6.45) is 8.01. The summed E-state index contributed by atoms with van der Waals surface area (Å²) in [4.78, 5) is 2.47. The van der Waals surface area contributed by atoms with Crippen LogP contribution in [0.5, 0.6) is 0 Å². The van der Waals surface area contributed by atoms with Gasteiger partial charge in [-0.2, -0.15) is 0 Å². The van der Waals surface area contributed by atoms with Crippen LogP contribution in [-0.4, -0.2) is 37.6 Å². The second kappa shape index (κ2) is 11.4. The zero-order chi connectivity index (χ0) is 12.2. The van der Waals surface area contributed by atoms with E-state index in [2.05, 4.69) is 38.0 Å². The van der Waals surface area contributed by atoms with Crippen molar-refractivity contribution in [2.45, 2.75) is 65.3 Å². The number of nitrogens with zero attached hydrogens (tertiary/aromatic N) is 1. The van der Waals surface area contributed by atoms with E-state index in [-0.39, 0.29) is 0 Å². The SMILES string of the molecule is CCCCCNCC(C)N(C)CCCCC. The maximum atomic E-state index is 3.55. The molecule has 0 saturated heterocycles. The molecular formula is C14H32N2. The fourth-order valence-corrected chi connectivity index (χ4v) is 1.80. The van der Waals surface area contributed by atoms with Gasteiger partial charge in [-0.1, -0.05) is 39.5 Å². The zero-order valence-electron chi connectivity index (χ0n) is 11.9. The molecule has 16 heavy (non-hydrogen) atoms. The van der Waals surface area contributed by atoms with Crippen molar-refractivity contribution in [2.75, 3.05) is 26.7 Å². The van der Waals surface area contributed by atoms with Gasteiger partial charge in [0.2, 0.25) is 0 Å². The van der Waals surface area contributed by atoms with Crippen molar-refractivity contribution >= 4 is 0 Å². The predicted molar refractivity (Wildman–Crippen MR) is 74.0 cm³/mol. The van der Waals surface area contributed by atoms with Gasteiger partial charge in [0.25, 0.3) is 0 Å². The van der Waals surface area contributed by atoms with E-state index in [1.54, 1.807) is 0 Å². The van der Waals surface area contributed by atoms with Gasteiger partial charge in [0.05, 0.1) is 0 Å². The summed E-state index contributed by atoms with van der Waals surface area (Å²) in [6.45, 7) is 10.4. The molecule has 0 aliphatic rings. The first-order valence-corrected chi connectivity index (χ1v) is 7.13. The van der Waals surface area contributed by atoms with Gasteiger partial charge < -0.3 is 10.2 Å². The first kappa shape index (κ1) is 15.9. The molecule has 2 nitrogen and oxygen atoms in total. The molecule has 0 radical (unpaired) electrons. The van der Waals surface area contributed by atoms with Gasteiger partial charge >= 0.3 is 0 Å². The third-order valence-electron chi connectivity index (χ3n) is 3.26. The van der Waals surface area contributed by atoms with Crippen molar-refractivity contribution in [1.29, 1.82) is 0 Å². The minimum atomic E-state index is 0.665. The first-order chi connectivity index (χ1) is 7.72. The smallest absolute Gasteiger partial charge is 0.0189 e. The van der Waals surface area contributed by atoms with Crippen LogP contribution in [0.25, 0.3) is 0 Å². The van der Waals surface area contributed by atoms with Crippen molar-refractivity contribution in [3.63, 3.8) is 0 Å². The summed E-state index contributed by atoms with van der Waals surface area (Å²) < 4.78 is 0. The van der Waals surface area contributed by atoms with Crippen LogP contribution in [0.3, 0.4) is 0 Å². The second-order valence-corrected chi connectivity index (χ2v) is 4.95. The van der Waals surface area contributed by atoms with Crippen LogP contribution in [0.15, 0.2) is 0 Å². The minimum Gasteiger partial charge on any atom is -0.315 e. The van der Waals surface area contributed by atoms with Gasteiger partial charge in [0, 0.05) is 12.6 Å². The van der Waals surface area contributed by atoms with E-state index in [4.69, 9.17) is 0 Å². The van der Waals surface area contributed by atoms with E-state index in [1.165, 1.54) is 51.6 Å². The summed E-state index contributed by atoms with van der Waals surface area (Å²) in [5.41, 5.74) is 0. The Balaban J connectivity index is 3.36. The van der Waals surface area contributed by atoms with Gasteiger partial charge in [-0.05, 0) is 39.9 Å². The van der Waals surface area contributed by atoms with Crippen LogP contribution >= 0.6 is 0 Å². The molecule has 0 spiro atoms. The summed E-state index contributed by atoms with van der Waals surface area (Å²) >= 11 is 0. The highest BCUT2D eigenvalue weighted by molar-refractivity contribution is 4.66. The molecule has 1 atom stereocenters. The standard InChI is InChI=1S/C14H32N2/c1-5-7-9-11-15-13-14(3)16(4)12-10-8-6-2/h14-15H,5-13H2,1-4H3. The van der Waals surface area contributed by atoms with Crippen molar-refractivity contribution < 1.29 is 0 Å². The topological polar surface area (TPSA) is 15.3 Å². The maximum absolute atomic E-state index is 3.55. The van der Waals surface area contributed by atoms with E-state index >= 15 is 0 Å². The number of nitrogens with one attached hydrogen (secondary N) is 1. The monoisotopic (exact) mass is 228 g/mol. The van der Waals surface area contributed by atoms with Crippen LogP contribution in [0.1, 0.15) is 59.3 Å². The van der Waals surface area contributed by atoms with E-state index in [0.717, 1.165) is 6.54 Å². The predicted octanol–water partition coefficient (Wildman–Crippen LogP) is 3.28. The van der Waals surface area contributed by atoms with E-state index in [0.29, 0.717) is 6.04 Å². The summed E-state index contributed by atoms with van der Waals surface area (Å²) in [5, 5.41) is 3.55. The van der Waals surface area contributed by atoms with Gasteiger partial charge in [0.15, 0.2) is 0 Å². The molecule has 0 aliphatic heterocycles. The van der Waals surface area contributed by atoms with Crippen molar-refractivity contribution in [2.24, 2.45) is 0 Å². The van der Waals surface area contributed by atoms with E-state index in [1.807, 2.05) is 0 Å². The Morgan fingerprint density at radius 3 is 2.25 bits per heavy atom. The quantitative estimate of drug-likeness (QED) is 0.546. The molecule has 0 heterocycles. The molecule has 0 aromatic rings. The molecule has 0 saturated carbocycles. The minimum absolute atomic E-state index is 0.665. The lowest BCUT2D eigenvalue weighted by Gasteiger charge is -2.25. The van der Waals surface area contributed by atoms with Gasteiger partial charge in [0.1, 0.15) is 0 Å². The molecule has 0 bridgehead atoms. The second-order valence-electron chi connectivity index (χ2n) is 4.95. The Kier molecular flexibility index (Phi) is 11.3. The molecule has 0 aromatic heterocycles. The fraction of sp³-hybridized carbons (Fsp3) is 1.00. The van der Waals surface area contributed by atoms with Crippen LogP contribution < -0.4 is 5.32 Å². The maximum Gasteiger partial charge on any atom is 0.0189 e. The fourth-order valence-electron chi connectivity index (χ4n) is 1.80. The lowest BCUT2D eigenvalue weighted by molar-refractivity contribution is 0.246. The average molecular weight is 228 g/mol. The molecule has 0 aliphatic carbocycles. The zero-order valence-corrected chi connectivity index (χ0v) is 11.9. The summed E-state index contributed by atoms with van der Waals surface area (Å²) in [6, 6.07) is 0.665. The highest BCUT2D eigenvalue weighted by Crippen LogP contribution is 2.00. The van der Waals surface area contributed by atoms with Crippen LogP contribution in [0.2, 0.25) is 0 Å². The van der Waals surface area contributed by atoms with Crippen molar-refractivity contribution in [3.8, 4) is 0 Å². The third-order valence-corrected chi connectivity index (χ3v) is 3.26. The van der Waals surface area contributed by atoms with E-state index in [9.17, 15) is 0 Å². The molecular weight excluding hydrogens is 196 g/mol. The molecule has 0 rings (SSSR count). The Morgan fingerprint density at radius 1 is 1.00 bits per heavy atom. The lowest BCUT2D eigenvalue weighted by atomic mass is 10.2. The number of unbranched alkanes of at least 4 members (excludes halogenated alkanes) is 4. The van der Waals surface area contributed by atoms with Crippen molar-refractivity contribution in [1.82, 2.24) is 10.2 Å². The number of hydrogen-bond acceptors (Lipinski definition) is 2. The number of hydrogen-bond donors (Lipinski definition) is 1. The average Bonchev–Trinajstić information content (AvgIpc) is 2.28. The molecule has 0 amide bonds. The summed E-state index contributed by atoms with van der Waals surface area (Å²) in [5.74, 6) is 0. The van der Waals surface area contributed by atoms with Crippen LogP contribution in [0.4, 0.5) is 0 Å². The summed E-state index contributed by atoms with van der Waals surface area (Å²) in [7, 11) is 2.24. The third kappa shape index (κ3) is 9.17. The molecule has 1 unspecified atom stereocenters. The highest BCUT2D eigenvalue weighted by Gasteiger charge is 2.07. The first-order valence-electron chi connectivity index (χ1n) is 7.13. The van der Waals surface area contributed by atoms with Crippen LogP contribution in [0, 0.1) is 0 Å². The molecule has 0 fully saturated rings. The Hall–Kier alpha value is -0.0800. The molecule has 0 aromatic carbocycles. The largest absolute Gasteiger partial charge is 0.315 e. The molecule has 1 N–H and O–H groups in total. The number of likely N-dealkylation sites (N-methyl/N-ethyl adjacent to an activating group) is 1. The molecule has 2 heteroatoms. The lowest BCUT2D eigenvalue weighted by Crippen LogP contribution is -2.38. The van der Waals surface area contributed by atoms with Crippen LogP contribution in [-0.2, 0) is 0 Å². The Morgan fingerprint density at radius 2 is 1.62 bits per heavy atom. The molecule has 98 valence electrons. The Labute approximate surface area is 103 Å². The number of rotatable bonds is 11.